The van der Waals surface area contributed by atoms with Gasteiger partial charge >= 0.3 is 19.3 Å². The average Bonchev–Trinajstić information content (AvgIpc) is 1.85. The van der Waals surface area contributed by atoms with Gasteiger partial charge in [-0.25, -0.2) is 13.9 Å². The fourth-order valence-corrected chi connectivity index (χ4v) is 0.289. The zero-order chi connectivity index (χ0) is 6.15. The standard InChI is InChI=1S/C2BFO4/c4-3-7-1(5)2(6)8-3. The van der Waals surface area contributed by atoms with Gasteiger partial charge in [-0.05, 0) is 0 Å². The third-order valence-corrected chi connectivity index (χ3v) is 0.566. The summed E-state index contributed by atoms with van der Waals surface area (Å²) in [7, 11) is -2.20. The Hall–Kier alpha value is -1.07. The van der Waals surface area contributed by atoms with Crippen molar-refractivity contribution < 1.29 is 23.2 Å². The van der Waals surface area contributed by atoms with Crippen LogP contribution in [0.4, 0.5) is 4.32 Å². The van der Waals surface area contributed by atoms with Crippen LogP contribution in [0.5, 0.6) is 0 Å². The van der Waals surface area contributed by atoms with Gasteiger partial charge in [-0.2, -0.15) is 0 Å². The van der Waals surface area contributed by atoms with Crippen molar-refractivity contribution in [3.63, 3.8) is 0 Å². The van der Waals surface area contributed by atoms with Crippen LogP contribution in [0.2, 0.25) is 0 Å². The molecule has 1 rings (SSSR count). The first-order valence-corrected chi connectivity index (χ1v) is 1.76. The number of rotatable bonds is 0. The zero-order valence-corrected chi connectivity index (χ0v) is 3.59. The minimum Gasteiger partial charge on any atom is -0.462 e. The van der Waals surface area contributed by atoms with Gasteiger partial charge in [0.25, 0.3) is 0 Å². The van der Waals surface area contributed by atoms with Crippen LogP contribution in [-0.2, 0) is 18.9 Å². The molecule has 0 aromatic rings. The van der Waals surface area contributed by atoms with Gasteiger partial charge in [-0.15, -0.1) is 0 Å². The predicted molar refractivity (Wildman–Crippen MR) is 19.0 cm³/mol. The largest absolute Gasteiger partial charge is 0.835 e. The Morgan fingerprint density at radius 3 is 1.75 bits per heavy atom. The number of halogens is 1. The first-order valence-electron chi connectivity index (χ1n) is 1.76. The first kappa shape index (κ1) is 5.08. The lowest BCUT2D eigenvalue weighted by Crippen LogP contribution is -2.05. The normalized spacial score (nSPS) is 18.4. The number of carbonyl (C=O) groups excluding carboxylic acids is 2. The fraction of sp³-hybridized carbons (Fsp3) is 0. The molecule has 0 aromatic carbocycles. The minimum atomic E-state index is -2.20. The SMILES string of the molecule is O=C1OB(F)OC1=O. The number of carbonyl (C=O) groups is 2. The Morgan fingerprint density at radius 2 is 1.62 bits per heavy atom. The summed E-state index contributed by atoms with van der Waals surface area (Å²) in [5.41, 5.74) is 0. The summed E-state index contributed by atoms with van der Waals surface area (Å²) in [6, 6.07) is 0. The molecule has 4 nitrogen and oxygen atoms in total. The van der Waals surface area contributed by atoms with E-state index < -0.39 is 19.3 Å². The van der Waals surface area contributed by atoms with Crippen LogP contribution in [0, 0.1) is 0 Å². The van der Waals surface area contributed by atoms with E-state index in [9.17, 15) is 13.9 Å². The fourth-order valence-electron chi connectivity index (χ4n) is 0.289. The van der Waals surface area contributed by atoms with Gasteiger partial charge in [0.15, 0.2) is 0 Å². The molecule has 0 unspecified atom stereocenters. The molecule has 1 saturated heterocycles. The maximum atomic E-state index is 11.5. The van der Waals surface area contributed by atoms with Crippen LogP contribution in [0.25, 0.3) is 0 Å². The van der Waals surface area contributed by atoms with Gasteiger partial charge in [0.05, 0.1) is 0 Å². The molecule has 0 atom stereocenters. The van der Waals surface area contributed by atoms with Crippen LogP contribution in [-0.4, -0.2) is 19.3 Å². The van der Waals surface area contributed by atoms with Crippen LogP contribution in [0.15, 0.2) is 0 Å². The highest BCUT2D eigenvalue weighted by Gasteiger charge is 2.42. The van der Waals surface area contributed by atoms with Crippen molar-refractivity contribution in [1.82, 2.24) is 0 Å². The first-order chi connectivity index (χ1) is 3.70. The molecule has 1 aliphatic rings. The molecule has 0 radical (unpaired) electrons. The Balaban J connectivity index is 2.64. The summed E-state index contributed by atoms with van der Waals surface area (Å²) in [6.45, 7) is 0. The van der Waals surface area contributed by atoms with Crippen molar-refractivity contribution >= 4 is 19.3 Å². The highest BCUT2D eigenvalue weighted by atomic mass is 19.1. The van der Waals surface area contributed by atoms with Gasteiger partial charge in [-0.1, -0.05) is 0 Å². The van der Waals surface area contributed by atoms with Crippen LogP contribution >= 0.6 is 0 Å². The Kier molecular flexibility index (Phi) is 0.930. The second kappa shape index (κ2) is 1.46. The monoisotopic (exact) mass is 118 g/mol. The predicted octanol–water partition coefficient (Wildman–Crippen LogP) is -0.959. The van der Waals surface area contributed by atoms with Gasteiger partial charge in [0.2, 0.25) is 0 Å². The maximum absolute atomic E-state index is 11.5. The lowest BCUT2D eigenvalue weighted by atomic mass is 10.3. The molecule has 0 aromatic heterocycles. The molecule has 0 bridgehead atoms. The van der Waals surface area contributed by atoms with E-state index in [1.807, 2.05) is 0 Å². The van der Waals surface area contributed by atoms with Crippen molar-refractivity contribution in [3.8, 4) is 0 Å². The van der Waals surface area contributed by atoms with Gasteiger partial charge in [-0.3, -0.25) is 0 Å². The van der Waals surface area contributed by atoms with E-state index >= 15 is 0 Å². The molecule has 1 aliphatic heterocycles. The molecule has 8 heavy (non-hydrogen) atoms. The van der Waals surface area contributed by atoms with Crippen molar-refractivity contribution in [1.29, 1.82) is 0 Å². The summed E-state index contributed by atoms with van der Waals surface area (Å²) in [5, 5.41) is 0. The smallest absolute Gasteiger partial charge is 0.462 e. The summed E-state index contributed by atoms with van der Waals surface area (Å²) in [6.07, 6.45) is 0. The Morgan fingerprint density at radius 1 is 1.25 bits per heavy atom. The Labute approximate surface area is 43.8 Å². The lowest BCUT2D eigenvalue weighted by molar-refractivity contribution is -0.150. The summed E-state index contributed by atoms with van der Waals surface area (Å²) in [5.74, 6) is -2.56. The summed E-state index contributed by atoms with van der Waals surface area (Å²) >= 11 is 0. The molecule has 0 spiro atoms. The van der Waals surface area contributed by atoms with Gasteiger partial charge in [0, 0.05) is 0 Å². The molecule has 1 heterocycles. The van der Waals surface area contributed by atoms with E-state index in [-0.39, 0.29) is 0 Å². The van der Waals surface area contributed by atoms with E-state index in [1.54, 1.807) is 0 Å². The molecular weight excluding hydrogens is 118 g/mol. The third-order valence-electron chi connectivity index (χ3n) is 0.566. The lowest BCUT2D eigenvalue weighted by Gasteiger charge is -1.80. The van der Waals surface area contributed by atoms with Crippen LogP contribution < -0.4 is 0 Å². The van der Waals surface area contributed by atoms with Crippen LogP contribution in [0.3, 0.4) is 0 Å². The molecule has 1 fully saturated rings. The third kappa shape index (κ3) is 0.639. The molecule has 0 amide bonds. The molecule has 0 saturated carbocycles. The van der Waals surface area contributed by atoms with Crippen molar-refractivity contribution in [2.45, 2.75) is 0 Å². The molecule has 42 valence electrons. The van der Waals surface area contributed by atoms with E-state index in [2.05, 4.69) is 9.31 Å². The summed E-state index contributed by atoms with van der Waals surface area (Å²) in [4.78, 5) is 19.7. The molecule has 0 aliphatic carbocycles. The van der Waals surface area contributed by atoms with E-state index in [1.165, 1.54) is 0 Å². The van der Waals surface area contributed by atoms with E-state index in [0.717, 1.165) is 0 Å². The Bertz CT molecular complexity index is 129. The highest BCUT2D eigenvalue weighted by molar-refractivity contribution is 6.55. The minimum absolute atomic E-state index is 1.28. The number of hydrogen-bond acceptors (Lipinski definition) is 4. The van der Waals surface area contributed by atoms with Crippen molar-refractivity contribution in [2.24, 2.45) is 0 Å². The van der Waals surface area contributed by atoms with Gasteiger partial charge < -0.3 is 9.31 Å². The number of hydrogen-bond donors (Lipinski definition) is 0. The molecular formula is C2BFO4. The average molecular weight is 118 g/mol. The topological polar surface area (TPSA) is 52.6 Å². The second-order valence-electron chi connectivity index (χ2n) is 1.09. The van der Waals surface area contributed by atoms with Crippen molar-refractivity contribution in [3.05, 3.63) is 0 Å². The zero-order valence-electron chi connectivity index (χ0n) is 3.59. The van der Waals surface area contributed by atoms with Crippen molar-refractivity contribution in [2.75, 3.05) is 0 Å². The van der Waals surface area contributed by atoms with Gasteiger partial charge in [0.1, 0.15) is 0 Å². The quantitative estimate of drug-likeness (QED) is 0.303. The maximum Gasteiger partial charge on any atom is 0.835 e. The molecule has 0 N–H and O–H groups in total. The van der Waals surface area contributed by atoms with E-state index in [4.69, 9.17) is 0 Å². The van der Waals surface area contributed by atoms with Crippen LogP contribution in [0.1, 0.15) is 0 Å². The second-order valence-corrected chi connectivity index (χ2v) is 1.09. The summed E-state index contributed by atoms with van der Waals surface area (Å²) < 4.78 is 18.7. The van der Waals surface area contributed by atoms with E-state index in [0.29, 0.717) is 0 Å². The molecule has 6 heteroatoms. The highest BCUT2D eigenvalue weighted by Crippen LogP contribution is 2.01.